The Labute approximate surface area is 207 Å². The van der Waals surface area contributed by atoms with E-state index in [1.807, 2.05) is 0 Å². The van der Waals surface area contributed by atoms with E-state index in [4.69, 9.17) is 4.74 Å². The molecule has 34 heavy (non-hydrogen) atoms. The number of aliphatic hydroxyl groups is 1. The SMILES string of the molecule is C[C@]12CCCCC1=CC[C@@H]1[C@@H]2CC[C@]2(COCCN3CCCC3)[C@@H](c3ccccc3)CC[C@]12O. The molecular weight excluding hydrogens is 418 g/mol. The highest BCUT2D eigenvalue weighted by atomic mass is 16.5. The second kappa shape index (κ2) is 9.05. The molecule has 0 bridgehead atoms. The molecule has 1 aromatic carbocycles. The fraction of sp³-hybridized carbons (Fsp3) is 0.742. The van der Waals surface area contributed by atoms with Crippen molar-refractivity contribution in [1.82, 2.24) is 4.90 Å². The molecule has 5 aliphatic rings. The predicted molar refractivity (Wildman–Crippen MR) is 138 cm³/mol. The van der Waals surface area contributed by atoms with Crippen molar-refractivity contribution >= 4 is 0 Å². The third-order valence-corrected chi connectivity index (χ3v) is 11.2. The average molecular weight is 464 g/mol. The molecule has 1 heterocycles. The molecule has 1 N–H and O–H groups in total. The van der Waals surface area contributed by atoms with Crippen LogP contribution in [0.4, 0.5) is 0 Å². The van der Waals surface area contributed by atoms with Crippen molar-refractivity contribution in [3.8, 4) is 0 Å². The minimum absolute atomic E-state index is 0.156. The summed E-state index contributed by atoms with van der Waals surface area (Å²) in [6, 6.07) is 11.1. The number of nitrogens with zero attached hydrogens (tertiary/aromatic N) is 1. The molecule has 1 saturated heterocycles. The van der Waals surface area contributed by atoms with Gasteiger partial charge in [-0.15, -0.1) is 0 Å². The summed E-state index contributed by atoms with van der Waals surface area (Å²) in [7, 11) is 0. The van der Waals surface area contributed by atoms with Crippen molar-refractivity contribution in [3.63, 3.8) is 0 Å². The number of allylic oxidation sites excluding steroid dienone is 2. The average Bonchev–Trinajstić information content (AvgIpc) is 3.48. The Bertz CT molecular complexity index is 892. The molecule has 0 unspecified atom stereocenters. The molecule has 4 fully saturated rings. The summed E-state index contributed by atoms with van der Waals surface area (Å²) in [4.78, 5) is 2.54. The van der Waals surface area contributed by atoms with Crippen LogP contribution in [0, 0.1) is 22.7 Å². The van der Waals surface area contributed by atoms with Gasteiger partial charge < -0.3 is 14.7 Å². The molecule has 1 aromatic rings. The Balaban J connectivity index is 1.30. The van der Waals surface area contributed by atoms with Crippen LogP contribution in [-0.2, 0) is 4.74 Å². The van der Waals surface area contributed by atoms with Gasteiger partial charge in [0.05, 0.1) is 18.8 Å². The largest absolute Gasteiger partial charge is 0.389 e. The van der Waals surface area contributed by atoms with E-state index in [1.54, 1.807) is 5.57 Å². The van der Waals surface area contributed by atoms with Crippen LogP contribution in [0.1, 0.15) is 89.0 Å². The van der Waals surface area contributed by atoms with Crippen molar-refractivity contribution in [2.75, 3.05) is 32.8 Å². The zero-order valence-electron chi connectivity index (χ0n) is 21.3. The molecule has 1 aliphatic heterocycles. The maximum absolute atomic E-state index is 12.8. The molecule has 0 spiro atoms. The summed E-state index contributed by atoms with van der Waals surface area (Å²) in [6.07, 6.45) is 16.0. The van der Waals surface area contributed by atoms with Crippen LogP contribution < -0.4 is 0 Å². The number of fused-ring (bicyclic) bond motifs is 5. The van der Waals surface area contributed by atoms with E-state index in [-0.39, 0.29) is 5.41 Å². The maximum atomic E-state index is 12.8. The minimum Gasteiger partial charge on any atom is -0.389 e. The van der Waals surface area contributed by atoms with Crippen LogP contribution in [0.5, 0.6) is 0 Å². The molecule has 0 radical (unpaired) electrons. The van der Waals surface area contributed by atoms with Gasteiger partial charge in [0.25, 0.3) is 0 Å². The number of hydrogen-bond donors (Lipinski definition) is 1. The Morgan fingerprint density at radius 3 is 2.62 bits per heavy atom. The van der Waals surface area contributed by atoms with Gasteiger partial charge in [0.15, 0.2) is 0 Å². The summed E-state index contributed by atoms with van der Waals surface area (Å²) in [5.74, 6) is 1.41. The molecule has 3 nitrogen and oxygen atoms in total. The summed E-state index contributed by atoms with van der Waals surface area (Å²) >= 11 is 0. The van der Waals surface area contributed by atoms with E-state index < -0.39 is 5.60 Å². The molecule has 186 valence electrons. The first-order valence-electron chi connectivity index (χ1n) is 14.3. The second-order valence-electron chi connectivity index (χ2n) is 12.5. The Hall–Kier alpha value is -1.16. The highest BCUT2D eigenvalue weighted by molar-refractivity contribution is 5.33. The predicted octanol–water partition coefficient (Wildman–Crippen LogP) is 6.33. The number of hydrogen-bond acceptors (Lipinski definition) is 3. The second-order valence-corrected chi connectivity index (χ2v) is 12.5. The summed E-state index contributed by atoms with van der Waals surface area (Å²) in [6.45, 7) is 7.55. The molecule has 0 aromatic heterocycles. The fourth-order valence-electron chi connectivity index (χ4n) is 9.41. The van der Waals surface area contributed by atoms with Crippen molar-refractivity contribution in [2.24, 2.45) is 22.7 Å². The smallest absolute Gasteiger partial charge is 0.0765 e. The molecule has 4 aliphatic carbocycles. The topological polar surface area (TPSA) is 32.7 Å². The van der Waals surface area contributed by atoms with Crippen LogP contribution in [0.25, 0.3) is 0 Å². The summed E-state index contributed by atoms with van der Waals surface area (Å²) < 4.78 is 6.55. The minimum atomic E-state index is -0.618. The van der Waals surface area contributed by atoms with Gasteiger partial charge in [0, 0.05) is 12.0 Å². The van der Waals surface area contributed by atoms with E-state index in [1.165, 1.54) is 63.6 Å². The van der Waals surface area contributed by atoms with Crippen molar-refractivity contribution in [1.29, 1.82) is 0 Å². The monoisotopic (exact) mass is 463 g/mol. The van der Waals surface area contributed by atoms with E-state index in [0.717, 1.165) is 38.8 Å². The Kier molecular flexibility index (Phi) is 6.19. The lowest BCUT2D eigenvalue weighted by Crippen LogP contribution is -2.62. The fourth-order valence-corrected chi connectivity index (χ4v) is 9.41. The van der Waals surface area contributed by atoms with E-state index in [9.17, 15) is 5.11 Å². The van der Waals surface area contributed by atoms with Crippen LogP contribution in [0.15, 0.2) is 42.0 Å². The Morgan fingerprint density at radius 1 is 0.971 bits per heavy atom. The Morgan fingerprint density at radius 2 is 1.79 bits per heavy atom. The highest BCUT2D eigenvalue weighted by Crippen LogP contribution is 2.69. The number of rotatable bonds is 6. The molecule has 0 amide bonds. The summed E-state index contributed by atoms with van der Waals surface area (Å²) in [5.41, 5.74) is 2.67. The van der Waals surface area contributed by atoms with Crippen LogP contribution >= 0.6 is 0 Å². The van der Waals surface area contributed by atoms with Gasteiger partial charge in [0.1, 0.15) is 0 Å². The number of likely N-dealkylation sites (tertiary alicyclic amines) is 1. The maximum Gasteiger partial charge on any atom is 0.0765 e. The molecule has 3 heteroatoms. The summed E-state index contributed by atoms with van der Waals surface area (Å²) in [5, 5.41) is 12.8. The van der Waals surface area contributed by atoms with Crippen LogP contribution in [-0.4, -0.2) is 48.5 Å². The van der Waals surface area contributed by atoms with Crippen molar-refractivity contribution < 1.29 is 9.84 Å². The van der Waals surface area contributed by atoms with Gasteiger partial charge in [-0.3, -0.25) is 0 Å². The molecular formula is C31H45NO2. The van der Waals surface area contributed by atoms with Crippen LogP contribution in [0.3, 0.4) is 0 Å². The molecule has 3 saturated carbocycles. The number of ether oxygens (including phenoxy) is 1. The lowest BCUT2D eigenvalue weighted by Gasteiger charge is -2.61. The highest BCUT2D eigenvalue weighted by Gasteiger charge is 2.68. The van der Waals surface area contributed by atoms with Crippen LogP contribution in [0.2, 0.25) is 0 Å². The van der Waals surface area contributed by atoms with Gasteiger partial charge in [-0.2, -0.15) is 0 Å². The first kappa shape index (κ1) is 23.3. The van der Waals surface area contributed by atoms with E-state index in [0.29, 0.717) is 29.8 Å². The third-order valence-electron chi connectivity index (χ3n) is 11.2. The number of benzene rings is 1. The first-order chi connectivity index (χ1) is 16.6. The zero-order valence-corrected chi connectivity index (χ0v) is 21.3. The molecule has 6 rings (SSSR count). The van der Waals surface area contributed by atoms with E-state index >= 15 is 0 Å². The normalized spacial score (nSPS) is 42.1. The first-order valence-corrected chi connectivity index (χ1v) is 14.3. The van der Waals surface area contributed by atoms with Crippen molar-refractivity contribution in [2.45, 2.75) is 89.1 Å². The van der Waals surface area contributed by atoms with Crippen molar-refractivity contribution in [3.05, 3.63) is 47.5 Å². The van der Waals surface area contributed by atoms with Gasteiger partial charge >= 0.3 is 0 Å². The van der Waals surface area contributed by atoms with Gasteiger partial charge in [0.2, 0.25) is 0 Å². The van der Waals surface area contributed by atoms with Gasteiger partial charge in [-0.25, -0.2) is 0 Å². The lowest BCUT2D eigenvalue weighted by molar-refractivity contribution is -0.197. The quantitative estimate of drug-likeness (QED) is 0.395. The van der Waals surface area contributed by atoms with E-state index in [2.05, 4.69) is 48.2 Å². The zero-order chi connectivity index (χ0) is 23.2. The molecule has 6 atom stereocenters. The standard InChI is InChI=1S/C31H45NO2/c1-29-16-6-5-11-25(29)12-13-28-27(29)14-17-30(23-34-22-21-32-19-7-8-20-32)26(15-18-31(28,30)33)24-9-3-2-4-10-24/h2-4,9-10,12,26-28,33H,5-8,11,13-23H2,1H3/t26-,27+,28-,29+,30+,31+/m1/s1. The lowest BCUT2D eigenvalue weighted by atomic mass is 9.45. The third kappa shape index (κ3) is 3.56. The van der Waals surface area contributed by atoms with Gasteiger partial charge in [-0.1, -0.05) is 55.3 Å². The van der Waals surface area contributed by atoms with Gasteiger partial charge in [-0.05, 0) is 106 Å².